The molecule has 104 valence electrons. The molecule has 0 spiro atoms. The Kier molecular flexibility index (Phi) is 4.01. The van der Waals surface area contributed by atoms with Crippen molar-refractivity contribution in [3.05, 3.63) is 68.2 Å². The lowest BCUT2D eigenvalue weighted by Crippen LogP contribution is -2.08. The number of carbonyl (C=O) groups is 1. The van der Waals surface area contributed by atoms with Crippen molar-refractivity contribution in [2.75, 3.05) is 0 Å². The van der Waals surface area contributed by atoms with Gasteiger partial charge in [0.15, 0.2) is 5.78 Å². The highest BCUT2D eigenvalue weighted by atomic mass is 35.5. The normalized spacial score (nSPS) is 10.7. The molecule has 0 aliphatic heterocycles. The quantitative estimate of drug-likeness (QED) is 0.701. The largest absolute Gasteiger partial charge is 0.289 e. The van der Waals surface area contributed by atoms with Gasteiger partial charge in [0.25, 0.3) is 0 Å². The molecule has 2 rings (SSSR count). The maximum atomic E-state index is 12.8. The van der Waals surface area contributed by atoms with Crippen molar-refractivity contribution in [3.8, 4) is 0 Å². The van der Waals surface area contributed by atoms with Gasteiger partial charge in [-0.25, -0.2) is 0 Å². The lowest BCUT2D eigenvalue weighted by atomic mass is 9.92. The molecule has 2 aromatic rings. The van der Waals surface area contributed by atoms with Crippen LogP contribution in [0.3, 0.4) is 0 Å². The molecule has 0 saturated carbocycles. The Morgan fingerprint density at radius 2 is 1.30 bits per heavy atom. The molecule has 2 heteroatoms. The summed E-state index contributed by atoms with van der Waals surface area (Å²) in [5.74, 6) is 0.00750. The Bertz CT molecular complexity index is 676. The van der Waals surface area contributed by atoms with Crippen LogP contribution in [-0.2, 0) is 0 Å². The zero-order valence-corrected chi connectivity index (χ0v) is 13.4. The van der Waals surface area contributed by atoms with Gasteiger partial charge in [0.1, 0.15) is 0 Å². The van der Waals surface area contributed by atoms with Gasteiger partial charge < -0.3 is 0 Å². The van der Waals surface area contributed by atoms with E-state index in [0.29, 0.717) is 10.6 Å². The highest BCUT2D eigenvalue weighted by molar-refractivity contribution is 6.35. The minimum absolute atomic E-state index is 0.00750. The number of benzene rings is 2. The van der Waals surface area contributed by atoms with E-state index < -0.39 is 0 Å². The van der Waals surface area contributed by atoms with Crippen molar-refractivity contribution < 1.29 is 4.79 Å². The molecule has 0 aliphatic rings. The molecule has 0 aromatic heterocycles. The van der Waals surface area contributed by atoms with Crippen molar-refractivity contribution >= 4 is 17.4 Å². The van der Waals surface area contributed by atoms with Crippen LogP contribution in [0.15, 0.2) is 24.3 Å². The number of carbonyl (C=O) groups excluding carboxylic acids is 1. The van der Waals surface area contributed by atoms with E-state index in [2.05, 4.69) is 0 Å². The van der Waals surface area contributed by atoms with E-state index in [0.717, 1.165) is 27.8 Å². The van der Waals surface area contributed by atoms with E-state index in [-0.39, 0.29) is 5.78 Å². The van der Waals surface area contributed by atoms with Gasteiger partial charge in [0.05, 0.1) is 5.02 Å². The number of rotatable bonds is 2. The van der Waals surface area contributed by atoms with E-state index in [1.807, 2.05) is 58.9 Å². The van der Waals surface area contributed by atoms with E-state index in [4.69, 9.17) is 11.6 Å². The predicted octanol–water partition coefficient (Wildman–Crippen LogP) is 5.11. The van der Waals surface area contributed by atoms with Crippen LogP contribution < -0.4 is 0 Å². The van der Waals surface area contributed by atoms with Crippen LogP contribution in [0.25, 0.3) is 0 Å². The van der Waals surface area contributed by atoms with Gasteiger partial charge in [-0.15, -0.1) is 0 Å². The summed E-state index contributed by atoms with van der Waals surface area (Å²) in [4.78, 5) is 12.8. The summed E-state index contributed by atoms with van der Waals surface area (Å²) < 4.78 is 0. The number of ketones is 1. The summed E-state index contributed by atoms with van der Waals surface area (Å²) in [6.07, 6.45) is 0. The standard InChI is InChI=1S/C18H19ClO/c1-10-6-13(4)17(14(5)7-10)18(20)15-8-11(2)12(3)9-16(15)19/h6-9H,1-5H3. The molecule has 0 radical (unpaired) electrons. The summed E-state index contributed by atoms with van der Waals surface area (Å²) in [7, 11) is 0. The maximum Gasteiger partial charge on any atom is 0.195 e. The summed E-state index contributed by atoms with van der Waals surface area (Å²) >= 11 is 6.26. The second-order valence-corrected chi connectivity index (χ2v) is 5.93. The first-order valence-corrected chi connectivity index (χ1v) is 7.08. The van der Waals surface area contributed by atoms with Crippen LogP contribution in [0.5, 0.6) is 0 Å². The van der Waals surface area contributed by atoms with Gasteiger partial charge in [-0.2, -0.15) is 0 Å². The number of hydrogen-bond donors (Lipinski definition) is 0. The van der Waals surface area contributed by atoms with Gasteiger partial charge in [-0.05, 0) is 69.0 Å². The van der Waals surface area contributed by atoms with Crippen molar-refractivity contribution in [1.29, 1.82) is 0 Å². The molecule has 1 nitrogen and oxygen atoms in total. The molecule has 0 N–H and O–H groups in total. The van der Waals surface area contributed by atoms with E-state index >= 15 is 0 Å². The summed E-state index contributed by atoms with van der Waals surface area (Å²) in [5.41, 5.74) is 6.71. The maximum absolute atomic E-state index is 12.8. The van der Waals surface area contributed by atoms with Crippen molar-refractivity contribution in [2.24, 2.45) is 0 Å². The predicted molar refractivity (Wildman–Crippen MR) is 85.0 cm³/mol. The molecule has 2 aromatic carbocycles. The third-order valence-electron chi connectivity index (χ3n) is 3.73. The molecule has 0 unspecified atom stereocenters. The monoisotopic (exact) mass is 286 g/mol. The van der Waals surface area contributed by atoms with Gasteiger partial charge in [-0.1, -0.05) is 29.3 Å². The zero-order valence-electron chi connectivity index (χ0n) is 12.6. The van der Waals surface area contributed by atoms with E-state index in [1.54, 1.807) is 0 Å². The fraction of sp³-hybridized carbons (Fsp3) is 0.278. The molecule has 0 amide bonds. The van der Waals surface area contributed by atoms with Gasteiger partial charge in [0.2, 0.25) is 0 Å². The van der Waals surface area contributed by atoms with Crippen molar-refractivity contribution in [3.63, 3.8) is 0 Å². The second kappa shape index (κ2) is 5.41. The van der Waals surface area contributed by atoms with Crippen LogP contribution in [0.4, 0.5) is 0 Å². The SMILES string of the molecule is Cc1cc(C)c(C(=O)c2cc(C)c(C)cc2Cl)c(C)c1. The van der Waals surface area contributed by atoms with Crippen LogP contribution in [0, 0.1) is 34.6 Å². The fourth-order valence-corrected chi connectivity index (χ4v) is 2.93. The first-order chi connectivity index (χ1) is 9.31. The highest BCUT2D eigenvalue weighted by Crippen LogP contribution is 2.26. The fourth-order valence-electron chi connectivity index (χ4n) is 2.63. The van der Waals surface area contributed by atoms with E-state index in [9.17, 15) is 4.79 Å². The minimum atomic E-state index is 0.00750. The molecule has 0 aliphatic carbocycles. The number of aryl methyl sites for hydroxylation is 5. The molecule has 0 bridgehead atoms. The summed E-state index contributed by atoms with van der Waals surface area (Å²) in [5, 5.41) is 0.525. The lowest BCUT2D eigenvalue weighted by molar-refractivity contribution is 0.103. The molecular weight excluding hydrogens is 268 g/mol. The van der Waals surface area contributed by atoms with Crippen LogP contribution in [0.1, 0.15) is 43.7 Å². The van der Waals surface area contributed by atoms with Gasteiger partial charge in [0, 0.05) is 11.1 Å². The van der Waals surface area contributed by atoms with Crippen LogP contribution in [-0.4, -0.2) is 5.78 Å². The zero-order chi connectivity index (χ0) is 15.0. The van der Waals surface area contributed by atoms with Gasteiger partial charge in [-0.3, -0.25) is 4.79 Å². The Balaban J connectivity index is 2.61. The average Bonchev–Trinajstić information content (AvgIpc) is 2.32. The Morgan fingerprint density at radius 3 is 1.85 bits per heavy atom. The first-order valence-electron chi connectivity index (χ1n) is 6.70. The van der Waals surface area contributed by atoms with Crippen LogP contribution in [0.2, 0.25) is 5.02 Å². The molecule has 0 heterocycles. The smallest absolute Gasteiger partial charge is 0.195 e. The van der Waals surface area contributed by atoms with E-state index in [1.165, 1.54) is 5.56 Å². The van der Waals surface area contributed by atoms with Crippen molar-refractivity contribution in [1.82, 2.24) is 0 Å². The Morgan fingerprint density at radius 1 is 0.800 bits per heavy atom. The topological polar surface area (TPSA) is 17.1 Å². The minimum Gasteiger partial charge on any atom is -0.289 e. The van der Waals surface area contributed by atoms with Crippen molar-refractivity contribution in [2.45, 2.75) is 34.6 Å². The number of hydrogen-bond acceptors (Lipinski definition) is 1. The molecule has 0 atom stereocenters. The molecular formula is C18H19ClO. The third-order valence-corrected chi connectivity index (χ3v) is 4.04. The summed E-state index contributed by atoms with van der Waals surface area (Å²) in [6, 6.07) is 7.83. The molecule has 0 fully saturated rings. The summed E-state index contributed by atoms with van der Waals surface area (Å²) in [6.45, 7) is 9.98. The molecule has 20 heavy (non-hydrogen) atoms. The Hall–Kier alpha value is -1.60. The van der Waals surface area contributed by atoms with Crippen LogP contribution >= 0.6 is 11.6 Å². The number of halogens is 1. The molecule has 0 saturated heterocycles. The Labute approximate surface area is 125 Å². The highest BCUT2D eigenvalue weighted by Gasteiger charge is 2.18. The lowest BCUT2D eigenvalue weighted by Gasteiger charge is -2.13. The van der Waals surface area contributed by atoms with Gasteiger partial charge >= 0.3 is 0 Å². The first kappa shape index (κ1) is 14.8. The average molecular weight is 287 g/mol. The second-order valence-electron chi connectivity index (χ2n) is 5.52. The third kappa shape index (κ3) is 2.64.